The van der Waals surface area contributed by atoms with Crippen LogP contribution in [0.1, 0.15) is 50.1 Å². The van der Waals surface area contributed by atoms with E-state index in [0.717, 1.165) is 50.9 Å². The van der Waals surface area contributed by atoms with Gasteiger partial charge in [-0.1, -0.05) is 30.7 Å². The summed E-state index contributed by atoms with van der Waals surface area (Å²) >= 11 is 0. The molecular weight excluding hydrogens is 382 g/mol. The fourth-order valence-corrected chi connectivity index (χ4v) is 5.92. The van der Waals surface area contributed by atoms with Crippen LogP contribution in [-0.2, 0) is 9.47 Å². The maximum absolute atomic E-state index is 12.1. The lowest BCUT2D eigenvalue weighted by atomic mass is 9.49. The zero-order valence-corrected chi connectivity index (χ0v) is 18.1. The van der Waals surface area contributed by atoms with Crippen molar-refractivity contribution in [2.24, 2.45) is 17.3 Å². The van der Waals surface area contributed by atoms with E-state index in [1.165, 1.54) is 19.0 Å². The van der Waals surface area contributed by atoms with E-state index in [2.05, 4.69) is 35.3 Å². The number of hydrogen-bond acceptors (Lipinski definition) is 6. The Morgan fingerprint density at radius 3 is 3.07 bits per heavy atom. The zero-order valence-electron chi connectivity index (χ0n) is 18.1. The number of aromatic nitrogens is 1. The molecule has 3 heterocycles. The fraction of sp³-hybridized carbons (Fsp3) is 0.739. The molecule has 2 bridgehead atoms. The van der Waals surface area contributed by atoms with Crippen molar-refractivity contribution in [3.8, 4) is 0 Å². The predicted octanol–water partition coefficient (Wildman–Crippen LogP) is 2.65. The largest absolute Gasteiger partial charge is 0.377 e. The maximum atomic E-state index is 12.1. The Morgan fingerprint density at radius 1 is 1.40 bits per heavy atom. The molecule has 1 N–H and O–H groups in total. The summed E-state index contributed by atoms with van der Waals surface area (Å²) in [4.78, 5) is 14.6. The highest BCUT2D eigenvalue weighted by atomic mass is 16.6. The molecule has 30 heavy (non-hydrogen) atoms. The molecule has 3 aliphatic carbocycles. The Morgan fingerprint density at radius 2 is 2.30 bits per heavy atom. The van der Waals surface area contributed by atoms with Crippen molar-refractivity contribution in [1.82, 2.24) is 15.4 Å². The lowest BCUT2D eigenvalue weighted by Crippen LogP contribution is -2.51. The monoisotopic (exact) mass is 415 g/mol. The highest BCUT2D eigenvalue weighted by Crippen LogP contribution is 2.59. The molecule has 164 valence electrons. The fourth-order valence-electron chi connectivity index (χ4n) is 5.92. The van der Waals surface area contributed by atoms with Crippen molar-refractivity contribution in [2.45, 2.75) is 51.2 Å². The summed E-state index contributed by atoms with van der Waals surface area (Å²) in [5, 5.41) is 6.48. The number of carbonyl (C=O) groups is 1. The molecular formula is C23H33N3O4. The molecule has 3 fully saturated rings. The van der Waals surface area contributed by atoms with E-state index < -0.39 is 0 Å². The van der Waals surface area contributed by atoms with E-state index >= 15 is 0 Å². The minimum absolute atomic E-state index is 0.000594. The summed E-state index contributed by atoms with van der Waals surface area (Å²) in [5.41, 5.74) is 1.81. The van der Waals surface area contributed by atoms with Crippen molar-refractivity contribution < 1.29 is 18.8 Å². The first-order valence-electron chi connectivity index (χ1n) is 11.3. The number of rotatable bonds is 5. The van der Waals surface area contributed by atoms with Crippen molar-refractivity contribution >= 4 is 5.91 Å². The molecule has 1 spiro atoms. The Kier molecular flexibility index (Phi) is 5.24. The summed E-state index contributed by atoms with van der Waals surface area (Å²) in [6.07, 6.45) is 8.45. The van der Waals surface area contributed by atoms with Crippen LogP contribution in [0.5, 0.6) is 0 Å². The number of amides is 1. The summed E-state index contributed by atoms with van der Waals surface area (Å²) in [5.74, 6) is 1.59. The van der Waals surface area contributed by atoms with Crippen LogP contribution in [0.2, 0.25) is 0 Å². The van der Waals surface area contributed by atoms with E-state index in [1.807, 2.05) is 0 Å². The molecule has 7 nitrogen and oxygen atoms in total. The Labute approximate surface area is 178 Å². The van der Waals surface area contributed by atoms with Crippen LogP contribution in [-0.4, -0.2) is 67.1 Å². The molecule has 0 unspecified atom stereocenters. The molecule has 2 saturated heterocycles. The number of nitrogens with zero attached hydrogens (tertiary/aromatic N) is 2. The van der Waals surface area contributed by atoms with E-state index in [-0.39, 0.29) is 23.4 Å². The van der Waals surface area contributed by atoms with Crippen LogP contribution >= 0.6 is 0 Å². The van der Waals surface area contributed by atoms with Gasteiger partial charge in [-0.2, -0.15) is 0 Å². The molecule has 7 heteroatoms. The lowest BCUT2D eigenvalue weighted by molar-refractivity contribution is -0.0847. The molecule has 2 aliphatic heterocycles. The summed E-state index contributed by atoms with van der Waals surface area (Å²) < 4.78 is 17.4. The highest BCUT2D eigenvalue weighted by molar-refractivity contribution is 5.91. The first-order chi connectivity index (χ1) is 14.5. The topological polar surface area (TPSA) is 76.8 Å². The summed E-state index contributed by atoms with van der Waals surface area (Å²) in [6.45, 7) is 9.60. The average Bonchev–Trinajstić information content (AvgIpc) is 3.36. The minimum atomic E-state index is -0.273. The van der Waals surface area contributed by atoms with Crippen molar-refractivity contribution in [3.63, 3.8) is 0 Å². The van der Waals surface area contributed by atoms with Crippen LogP contribution < -0.4 is 5.32 Å². The quantitative estimate of drug-likeness (QED) is 0.745. The van der Waals surface area contributed by atoms with Gasteiger partial charge in [-0.3, -0.25) is 9.69 Å². The average molecular weight is 416 g/mol. The van der Waals surface area contributed by atoms with Gasteiger partial charge in [-0.05, 0) is 42.9 Å². The number of nitrogens with one attached hydrogen (secondary N) is 1. The Bertz CT molecular complexity index is 805. The summed E-state index contributed by atoms with van der Waals surface area (Å²) in [6, 6.07) is 1.56. The van der Waals surface area contributed by atoms with Gasteiger partial charge in [0.2, 0.25) is 5.76 Å². The van der Waals surface area contributed by atoms with Gasteiger partial charge in [0.05, 0.1) is 25.5 Å². The maximum Gasteiger partial charge on any atom is 0.289 e. The highest BCUT2D eigenvalue weighted by Gasteiger charge is 2.51. The van der Waals surface area contributed by atoms with Crippen LogP contribution in [0, 0.1) is 17.3 Å². The van der Waals surface area contributed by atoms with Crippen molar-refractivity contribution in [2.75, 3.05) is 39.4 Å². The molecule has 5 aliphatic rings. The number of hydrogen-bond donors (Lipinski definition) is 1. The smallest absolute Gasteiger partial charge is 0.289 e. The molecule has 0 radical (unpaired) electrons. The van der Waals surface area contributed by atoms with E-state index in [4.69, 9.17) is 14.0 Å². The van der Waals surface area contributed by atoms with Gasteiger partial charge in [0.1, 0.15) is 5.60 Å². The van der Waals surface area contributed by atoms with Gasteiger partial charge in [0.15, 0.2) is 0 Å². The van der Waals surface area contributed by atoms with Crippen molar-refractivity contribution in [1.29, 1.82) is 0 Å². The van der Waals surface area contributed by atoms with Gasteiger partial charge in [-0.15, -0.1) is 0 Å². The number of fused-ring (bicyclic) bond motifs is 1. The van der Waals surface area contributed by atoms with Crippen LogP contribution in [0.4, 0.5) is 0 Å². The van der Waals surface area contributed by atoms with Crippen LogP contribution in [0.3, 0.4) is 0 Å². The standard InChI is InChI=1S/C23H33N3O4/c1-22(2)17-4-3-16(19(22)11-17)13-26-9-10-28-15-23(14-26)7-5-18(29-23)12-24-21(27)20-6-8-25-30-20/h3,6,8,17-19H,4-5,7,9-15H2,1-2H3,(H,24,27)/t17-,18+,19-,23-/m1/s1. The van der Waals surface area contributed by atoms with Crippen LogP contribution in [0.25, 0.3) is 0 Å². The first kappa shape index (κ1) is 20.2. The second-order valence-corrected chi connectivity index (χ2v) is 10.1. The number of ether oxygens (including phenoxy) is 2. The molecule has 1 saturated carbocycles. The second-order valence-electron chi connectivity index (χ2n) is 10.1. The Hall–Kier alpha value is -1.70. The third-order valence-corrected chi connectivity index (χ3v) is 7.91. The second kappa shape index (κ2) is 7.77. The number of allylic oxidation sites excluding steroid dienone is 1. The minimum Gasteiger partial charge on any atom is -0.377 e. The third-order valence-electron chi connectivity index (χ3n) is 7.91. The first-order valence-corrected chi connectivity index (χ1v) is 11.3. The lowest BCUT2D eigenvalue weighted by Gasteiger charge is -2.57. The van der Waals surface area contributed by atoms with Gasteiger partial charge in [0.25, 0.3) is 5.91 Å². The van der Waals surface area contributed by atoms with Gasteiger partial charge >= 0.3 is 0 Å². The molecule has 1 amide bonds. The van der Waals surface area contributed by atoms with E-state index in [1.54, 1.807) is 11.6 Å². The molecule has 0 aromatic carbocycles. The van der Waals surface area contributed by atoms with Gasteiger partial charge in [-0.25, -0.2) is 0 Å². The summed E-state index contributed by atoms with van der Waals surface area (Å²) in [7, 11) is 0. The van der Waals surface area contributed by atoms with Gasteiger partial charge in [0, 0.05) is 32.2 Å². The van der Waals surface area contributed by atoms with E-state index in [0.29, 0.717) is 18.6 Å². The van der Waals surface area contributed by atoms with Gasteiger partial charge < -0.3 is 19.3 Å². The normalized spacial score (nSPS) is 35.5. The van der Waals surface area contributed by atoms with Crippen LogP contribution in [0.15, 0.2) is 28.4 Å². The zero-order chi connectivity index (χ0) is 20.8. The SMILES string of the molecule is CC1(C)[C@@H]2CC=C(CN3CCOC[C@@]4(CC[C@@H](CNC(=O)c5ccno5)O4)C3)[C@H]1C2. The molecule has 1 aromatic rings. The Balaban J connectivity index is 1.18. The molecule has 1 aromatic heterocycles. The number of carbonyl (C=O) groups excluding carboxylic acids is 1. The van der Waals surface area contributed by atoms with E-state index in [9.17, 15) is 4.79 Å². The third kappa shape index (κ3) is 3.72. The molecule has 4 atom stereocenters. The molecule has 6 rings (SSSR count). The predicted molar refractivity (Wildman–Crippen MR) is 111 cm³/mol. The van der Waals surface area contributed by atoms with Crippen molar-refractivity contribution in [3.05, 3.63) is 29.7 Å².